The lowest BCUT2D eigenvalue weighted by Gasteiger charge is -2.10. The van der Waals surface area contributed by atoms with Gasteiger partial charge in [0.15, 0.2) is 10.9 Å². The Labute approximate surface area is 203 Å². The Morgan fingerprint density at radius 3 is 2.44 bits per heavy atom. The number of rotatable bonds is 7. The van der Waals surface area contributed by atoms with Crippen LogP contribution in [-0.4, -0.2) is 32.7 Å². The normalized spacial score (nSPS) is 10.5. The Kier molecular flexibility index (Phi) is 7.36. The lowest BCUT2D eigenvalue weighted by atomic mass is 10.1. The van der Waals surface area contributed by atoms with Gasteiger partial charge in [-0.1, -0.05) is 65.8 Å². The first-order valence-electron chi connectivity index (χ1n) is 10.1. The fourth-order valence-corrected chi connectivity index (χ4v) is 3.84. The minimum absolute atomic E-state index is 0.0141. The number of nitrogens with one attached hydrogen (secondary N) is 3. The van der Waals surface area contributed by atoms with E-state index >= 15 is 0 Å². The van der Waals surface area contributed by atoms with E-state index in [2.05, 4.69) is 25.8 Å². The molecule has 4 aromatic rings. The third-order valence-corrected chi connectivity index (χ3v) is 5.69. The Hall–Kier alpha value is -3.95. The van der Waals surface area contributed by atoms with Crippen LogP contribution < -0.4 is 16.2 Å². The van der Waals surface area contributed by atoms with Crippen LogP contribution in [0.5, 0.6) is 0 Å². The molecule has 0 atom stereocenters. The number of halogens is 1. The molecule has 34 heavy (non-hydrogen) atoms. The minimum Gasteiger partial charge on any atom is -0.325 e. The Morgan fingerprint density at radius 2 is 1.68 bits per heavy atom. The van der Waals surface area contributed by atoms with Crippen LogP contribution in [-0.2, 0) is 4.79 Å². The second-order valence-corrected chi connectivity index (χ2v) is 8.42. The summed E-state index contributed by atoms with van der Waals surface area (Å²) in [5, 5.41) is 14.3. The molecule has 0 saturated heterocycles. The standard InChI is InChI=1S/C24H18ClN5O3S/c25-16-9-6-10-17(13-16)26-20(31)14-34-24-28-23(33)21(29-30-24)18-11-4-5-12-19(18)27-22(32)15-7-2-1-3-8-15/h1-13H,14H2,(H,26,31)(H,27,32)(H,28,30,33). The van der Waals surface area contributed by atoms with Gasteiger partial charge in [-0.2, -0.15) is 0 Å². The van der Waals surface area contributed by atoms with Crippen molar-refractivity contribution in [3.05, 3.63) is 99.8 Å². The molecule has 0 aliphatic carbocycles. The van der Waals surface area contributed by atoms with E-state index in [1.54, 1.807) is 72.8 Å². The highest BCUT2D eigenvalue weighted by molar-refractivity contribution is 7.99. The summed E-state index contributed by atoms with van der Waals surface area (Å²) < 4.78 is 0. The highest BCUT2D eigenvalue weighted by Gasteiger charge is 2.15. The summed E-state index contributed by atoms with van der Waals surface area (Å²) in [5.41, 5.74) is 1.47. The average molecular weight is 492 g/mol. The van der Waals surface area contributed by atoms with Gasteiger partial charge in [0, 0.05) is 21.8 Å². The molecule has 2 amide bonds. The highest BCUT2D eigenvalue weighted by Crippen LogP contribution is 2.24. The molecule has 0 spiro atoms. The number of nitrogens with zero attached hydrogens (tertiary/aromatic N) is 2. The van der Waals surface area contributed by atoms with Gasteiger partial charge in [-0.25, -0.2) is 0 Å². The van der Waals surface area contributed by atoms with Crippen molar-refractivity contribution in [2.75, 3.05) is 16.4 Å². The zero-order chi connectivity index (χ0) is 23.9. The first kappa shape index (κ1) is 23.2. The summed E-state index contributed by atoms with van der Waals surface area (Å²) in [5.74, 6) is -0.580. The van der Waals surface area contributed by atoms with Crippen LogP contribution in [0.4, 0.5) is 11.4 Å². The number of benzene rings is 3. The summed E-state index contributed by atoms with van der Waals surface area (Å²) >= 11 is 6.95. The largest absolute Gasteiger partial charge is 0.325 e. The molecule has 4 rings (SSSR count). The number of anilines is 2. The number of hydrogen-bond acceptors (Lipinski definition) is 6. The number of carbonyl (C=O) groups is 2. The minimum atomic E-state index is -0.492. The second-order valence-electron chi connectivity index (χ2n) is 7.02. The molecule has 0 aliphatic rings. The van der Waals surface area contributed by atoms with E-state index in [1.165, 1.54) is 0 Å². The number of aromatic nitrogens is 3. The van der Waals surface area contributed by atoms with Gasteiger partial charge >= 0.3 is 0 Å². The molecule has 0 aliphatic heterocycles. The Morgan fingerprint density at radius 1 is 0.912 bits per heavy atom. The molecule has 3 aromatic carbocycles. The fourth-order valence-electron chi connectivity index (χ4n) is 3.04. The summed E-state index contributed by atoms with van der Waals surface area (Å²) in [6.07, 6.45) is 0. The monoisotopic (exact) mass is 491 g/mol. The van der Waals surface area contributed by atoms with Crippen molar-refractivity contribution in [2.45, 2.75) is 5.16 Å². The predicted octanol–water partition coefficient (Wildman–Crippen LogP) is 4.47. The van der Waals surface area contributed by atoms with E-state index in [4.69, 9.17) is 11.6 Å². The van der Waals surface area contributed by atoms with Gasteiger partial charge in [0.05, 0.1) is 11.4 Å². The van der Waals surface area contributed by atoms with Crippen LogP contribution in [0.3, 0.4) is 0 Å². The maximum Gasteiger partial charge on any atom is 0.278 e. The number of hydrogen-bond donors (Lipinski definition) is 3. The first-order chi connectivity index (χ1) is 16.5. The van der Waals surface area contributed by atoms with Crippen LogP contribution >= 0.6 is 23.4 Å². The molecule has 3 N–H and O–H groups in total. The van der Waals surface area contributed by atoms with Crippen LogP contribution in [0.1, 0.15) is 10.4 Å². The lowest BCUT2D eigenvalue weighted by molar-refractivity contribution is -0.113. The van der Waals surface area contributed by atoms with Crippen molar-refractivity contribution in [3.8, 4) is 11.3 Å². The quantitative estimate of drug-likeness (QED) is 0.328. The first-order valence-corrected chi connectivity index (χ1v) is 11.5. The number of para-hydroxylation sites is 1. The van der Waals surface area contributed by atoms with E-state index in [9.17, 15) is 14.4 Å². The molecule has 8 nitrogen and oxygen atoms in total. The molecule has 1 aromatic heterocycles. The van der Waals surface area contributed by atoms with Crippen molar-refractivity contribution >= 4 is 46.6 Å². The Balaban J connectivity index is 1.46. The number of thioether (sulfide) groups is 1. The third kappa shape index (κ3) is 5.89. The smallest absolute Gasteiger partial charge is 0.278 e. The number of H-pyrrole nitrogens is 1. The van der Waals surface area contributed by atoms with Gasteiger partial charge < -0.3 is 10.6 Å². The van der Waals surface area contributed by atoms with E-state index in [1.807, 2.05) is 6.07 Å². The summed E-state index contributed by atoms with van der Waals surface area (Å²) in [4.78, 5) is 40.1. The highest BCUT2D eigenvalue weighted by atomic mass is 35.5. The number of amides is 2. The maximum atomic E-state index is 12.7. The van der Waals surface area contributed by atoms with Crippen LogP contribution in [0, 0.1) is 0 Å². The fraction of sp³-hybridized carbons (Fsp3) is 0.0417. The van der Waals surface area contributed by atoms with E-state index in [-0.39, 0.29) is 28.4 Å². The summed E-state index contributed by atoms with van der Waals surface area (Å²) in [6, 6.07) is 22.4. The lowest BCUT2D eigenvalue weighted by Crippen LogP contribution is -2.18. The van der Waals surface area contributed by atoms with Crippen molar-refractivity contribution in [2.24, 2.45) is 0 Å². The molecule has 0 bridgehead atoms. The van der Waals surface area contributed by atoms with Crippen LogP contribution in [0.15, 0.2) is 88.8 Å². The molecular formula is C24H18ClN5O3S. The molecular weight excluding hydrogens is 474 g/mol. The van der Waals surface area contributed by atoms with E-state index < -0.39 is 5.56 Å². The maximum absolute atomic E-state index is 12.7. The summed E-state index contributed by atoms with van der Waals surface area (Å²) in [7, 11) is 0. The summed E-state index contributed by atoms with van der Waals surface area (Å²) in [6.45, 7) is 0. The predicted molar refractivity (Wildman–Crippen MR) is 133 cm³/mol. The molecule has 0 radical (unpaired) electrons. The average Bonchev–Trinajstić information content (AvgIpc) is 2.84. The molecule has 0 unspecified atom stereocenters. The third-order valence-electron chi connectivity index (χ3n) is 4.59. The second kappa shape index (κ2) is 10.8. The van der Waals surface area contributed by atoms with E-state index in [0.29, 0.717) is 27.5 Å². The van der Waals surface area contributed by atoms with Crippen LogP contribution in [0.25, 0.3) is 11.3 Å². The number of aromatic amines is 1. The van der Waals surface area contributed by atoms with Crippen LogP contribution in [0.2, 0.25) is 5.02 Å². The molecule has 10 heteroatoms. The van der Waals surface area contributed by atoms with Gasteiger partial charge in [-0.05, 0) is 36.4 Å². The number of carbonyl (C=O) groups excluding carboxylic acids is 2. The topological polar surface area (TPSA) is 117 Å². The van der Waals surface area contributed by atoms with Crippen molar-refractivity contribution < 1.29 is 9.59 Å². The van der Waals surface area contributed by atoms with Crippen molar-refractivity contribution in [3.63, 3.8) is 0 Å². The zero-order valence-electron chi connectivity index (χ0n) is 17.6. The van der Waals surface area contributed by atoms with Crippen molar-refractivity contribution in [1.29, 1.82) is 0 Å². The molecule has 170 valence electrons. The van der Waals surface area contributed by atoms with Crippen molar-refractivity contribution in [1.82, 2.24) is 15.2 Å². The van der Waals surface area contributed by atoms with Gasteiger partial charge in [0.1, 0.15) is 0 Å². The van der Waals surface area contributed by atoms with E-state index in [0.717, 1.165) is 11.8 Å². The SMILES string of the molecule is O=C(CSc1nnc(-c2ccccc2NC(=O)c2ccccc2)c(=O)[nH]1)Nc1cccc(Cl)c1. The van der Waals surface area contributed by atoms with Gasteiger partial charge in [0.2, 0.25) is 5.91 Å². The van der Waals surface area contributed by atoms with Gasteiger partial charge in [-0.15, -0.1) is 10.2 Å². The molecule has 0 saturated carbocycles. The van der Waals surface area contributed by atoms with Gasteiger partial charge in [-0.3, -0.25) is 19.4 Å². The molecule has 1 heterocycles. The zero-order valence-corrected chi connectivity index (χ0v) is 19.2. The Bertz CT molecular complexity index is 1390. The molecule has 0 fully saturated rings. The van der Waals surface area contributed by atoms with Gasteiger partial charge in [0.25, 0.3) is 11.5 Å².